The van der Waals surface area contributed by atoms with Gasteiger partial charge in [-0.15, -0.1) is 0 Å². The van der Waals surface area contributed by atoms with E-state index in [1.165, 1.54) is 12.8 Å². The summed E-state index contributed by atoms with van der Waals surface area (Å²) in [5, 5.41) is 3.16. The van der Waals surface area contributed by atoms with Crippen molar-refractivity contribution in [1.82, 2.24) is 5.32 Å². The minimum Gasteiger partial charge on any atom is -0.349 e. The van der Waals surface area contributed by atoms with E-state index >= 15 is 0 Å². The summed E-state index contributed by atoms with van der Waals surface area (Å²) >= 11 is 3.39. The fourth-order valence-electron chi connectivity index (χ4n) is 2.72. The SMILES string of the molecule is CC1(C)CCCC(NC(=O)c2cccc(Br)c2)C1. The van der Waals surface area contributed by atoms with Crippen molar-refractivity contribution in [3.05, 3.63) is 34.3 Å². The second-order valence-corrected chi connectivity index (χ2v) is 6.86. The van der Waals surface area contributed by atoms with Gasteiger partial charge in [-0.1, -0.05) is 42.3 Å². The predicted molar refractivity (Wildman–Crippen MR) is 77.6 cm³/mol. The number of halogens is 1. The van der Waals surface area contributed by atoms with Gasteiger partial charge >= 0.3 is 0 Å². The molecule has 1 aliphatic rings. The Morgan fingerprint density at radius 2 is 2.22 bits per heavy atom. The fourth-order valence-corrected chi connectivity index (χ4v) is 3.12. The van der Waals surface area contributed by atoms with Crippen molar-refractivity contribution >= 4 is 21.8 Å². The molecule has 1 fully saturated rings. The van der Waals surface area contributed by atoms with Gasteiger partial charge in [0, 0.05) is 16.1 Å². The van der Waals surface area contributed by atoms with Gasteiger partial charge in [0.25, 0.3) is 5.91 Å². The Labute approximate surface area is 117 Å². The fraction of sp³-hybridized carbons (Fsp3) is 0.533. The molecule has 0 spiro atoms. The van der Waals surface area contributed by atoms with E-state index in [1.807, 2.05) is 24.3 Å². The zero-order valence-electron chi connectivity index (χ0n) is 11.0. The number of hydrogen-bond acceptors (Lipinski definition) is 1. The largest absolute Gasteiger partial charge is 0.349 e. The van der Waals surface area contributed by atoms with Gasteiger partial charge in [0.2, 0.25) is 0 Å². The van der Waals surface area contributed by atoms with Crippen LogP contribution in [0.3, 0.4) is 0 Å². The molecular formula is C15H20BrNO. The van der Waals surface area contributed by atoms with Gasteiger partial charge in [-0.3, -0.25) is 4.79 Å². The van der Waals surface area contributed by atoms with Gasteiger partial charge in [0.05, 0.1) is 0 Å². The van der Waals surface area contributed by atoms with Crippen LogP contribution < -0.4 is 5.32 Å². The maximum absolute atomic E-state index is 12.1. The Morgan fingerprint density at radius 3 is 2.89 bits per heavy atom. The van der Waals surface area contributed by atoms with Gasteiger partial charge in [-0.05, 0) is 42.9 Å². The molecule has 0 aliphatic heterocycles. The molecule has 1 aliphatic carbocycles. The summed E-state index contributed by atoms with van der Waals surface area (Å²) in [6, 6.07) is 7.86. The molecule has 2 rings (SSSR count). The molecule has 1 N–H and O–H groups in total. The molecule has 2 nitrogen and oxygen atoms in total. The highest BCUT2D eigenvalue weighted by Crippen LogP contribution is 2.35. The number of nitrogens with one attached hydrogen (secondary N) is 1. The van der Waals surface area contributed by atoms with Crippen LogP contribution in [0.4, 0.5) is 0 Å². The molecular weight excluding hydrogens is 290 g/mol. The summed E-state index contributed by atoms with van der Waals surface area (Å²) in [5.41, 5.74) is 1.08. The maximum atomic E-state index is 12.1. The quantitative estimate of drug-likeness (QED) is 0.873. The van der Waals surface area contributed by atoms with Crippen LogP contribution >= 0.6 is 15.9 Å². The first kappa shape index (κ1) is 13.6. The van der Waals surface area contributed by atoms with E-state index in [9.17, 15) is 4.79 Å². The standard InChI is InChI=1S/C15H20BrNO/c1-15(2)8-4-7-13(10-15)17-14(18)11-5-3-6-12(16)9-11/h3,5-6,9,13H,4,7-8,10H2,1-2H3,(H,17,18). The van der Waals surface area contributed by atoms with Crippen LogP contribution in [-0.4, -0.2) is 11.9 Å². The van der Waals surface area contributed by atoms with Crippen LogP contribution in [-0.2, 0) is 0 Å². The minimum absolute atomic E-state index is 0.0407. The average Bonchev–Trinajstić information content (AvgIpc) is 2.27. The topological polar surface area (TPSA) is 29.1 Å². The normalized spacial score (nSPS) is 22.5. The van der Waals surface area contributed by atoms with E-state index in [1.54, 1.807) is 0 Å². The molecule has 1 unspecified atom stereocenters. The summed E-state index contributed by atoms with van der Waals surface area (Å²) < 4.78 is 0.944. The van der Waals surface area contributed by atoms with Crippen molar-refractivity contribution in [3.8, 4) is 0 Å². The zero-order valence-corrected chi connectivity index (χ0v) is 12.6. The maximum Gasteiger partial charge on any atom is 0.251 e. The van der Waals surface area contributed by atoms with Crippen LogP contribution in [0.5, 0.6) is 0 Å². The minimum atomic E-state index is 0.0407. The lowest BCUT2D eigenvalue weighted by atomic mass is 9.75. The molecule has 0 radical (unpaired) electrons. The van der Waals surface area contributed by atoms with Crippen molar-refractivity contribution in [2.24, 2.45) is 5.41 Å². The second kappa shape index (κ2) is 5.43. The summed E-state index contributed by atoms with van der Waals surface area (Å²) in [4.78, 5) is 12.1. The number of hydrogen-bond donors (Lipinski definition) is 1. The molecule has 1 aromatic carbocycles. The van der Waals surface area contributed by atoms with E-state index in [2.05, 4.69) is 35.1 Å². The first-order valence-electron chi connectivity index (χ1n) is 6.53. The van der Waals surface area contributed by atoms with Gasteiger partial charge < -0.3 is 5.32 Å². The number of carbonyl (C=O) groups is 1. The molecule has 3 heteroatoms. The van der Waals surface area contributed by atoms with Crippen molar-refractivity contribution in [2.75, 3.05) is 0 Å². The molecule has 0 bridgehead atoms. The highest BCUT2D eigenvalue weighted by atomic mass is 79.9. The van der Waals surface area contributed by atoms with E-state index in [4.69, 9.17) is 0 Å². The Bertz CT molecular complexity index is 442. The van der Waals surface area contributed by atoms with E-state index in [0.717, 1.165) is 22.9 Å². The summed E-state index contributed by atoms with van der Waals surface area (Å²) in [6.45, 7) is 4.56. The molecule has 0 heterocycles. The Balaban J connectivity index is 1.99. The Kier molecular flexibility index (Phi) is 4.10. The number of benzene rings is 1. The molecule has 98 valence electrons. The summed E-state index contributed by atoms with van der Waals surface area (Å²) in [5.74, 6) is 0.0407. The number of amides is 1. The molecule has 1 atom stereocenters. The molecule has 1 saturated carbocycles. The third kappa shape index (κ3) is 3.58. The van der Waals surface area contributed by atoms with Gasteiger partial charge in [-0.25, -0.2) is 0 Å². The van der Waals surface area contributed by atoms with E-state index < -0.39 is 0 Å². The van der Waals surface area contributed by atoms with Crippen LogP contribution in [0.25, 0.3) is 0 Å². The first-order valence-corrected chi connectivity index (χ1v) is 7.32. The number of rotatable bonds is 2. The third-order valence-electron chi connectivity index (χ3n) is 3.63. The van der Waals surface area contributed by atoms with Gasteiger partial charge in [0.1, 0.15) is 0 Å². The van der Waals surface area contributed by atoms with Crippen molar-refractivity contribution < 1.29 is 4.79 Å². The van der Waals surface area contributed by atoms with Crippen LogP contribution in [0.2, 0.25) is 0 Å². The average molecular weight is 310 g/mol. The van der Waals surface area contributed by atoms with Gasteiger partial charge in [0.15, 0.2) is 0 Å². The first-order chi connectivity index (χ1) is 8.46. The molecule has 18 heavy (non-hydrogen) atoms. The number of carbonyl (C=O) groups excluding carboxylic acids is 1. The lowest BCUT2D eigenvalue weighted by Gasteiger charge is -2.35. The zero-order chi connectivity index (χ0) is 13.2. The lowest BCUT2D eigenvalue weighted by molar-refractivity contribution is 0.0902. The van der Waals surface area contributed by atoms with Crippen molar-refractivity contribution in [3.63, 3.8) is 0 Å². The monoisotopic (exact) mass is 309 g/mol. The smallest absolute Gasteiger partial charge is 0.251 e. The molecule has 1 amide bonds. The van der Waals surface area contributed by atoms with E-state index in [-0.39, 0.29) is 5.91 Å². The van der Waals surface area contributed by atoms with Crippen molar-refractivity contribution in [1.29, 1.82) is 0 Å². The molecule has 1 aromatic rings. The highest BCUT2D eigenvalue weighted by molar-refractivity contribution is 9.10. The summed E-state index contributed by atoms with van der Waals surface area (Å²) in [6.07, 6.45) is 4.64. The van der Waals surface area contributed by atoms with Crippen LogP contribution in [0.1, 0.15) is 49.9 Å². The molecule has 0 saturated heterocycles. The lowest BCUT2D eigenvalue weighted by Crippen LogP contribution is -2.40. The van der Waals surface area contributed by atoms with Crippen molar-refractivity contribution in [2.45, 2.75) is 45.6 Å². The Hall–Kier alpha value is -0.830. The van der Waals surface area contributed by atoms with E-state index in [0.29, 0.717) is 11.5 Å². The Morgan fingerprint density at radius 1 is 1.44 bits per heavy atom. The highest BCUT2D eigenvalue weighted by Gasteiger charge is 2.28. The second-order valence-electron chi connectivity index (χ2n) is 5.94. The molecule has 0 aromatic heterocycles. The van der Waals surface area contributed by atoms with Gasteiger partial charge in [-0.2, -0.15) is 0 Å². The predicted octanol–water partition coefficient (Wildman–Crippen LogP) is 4.15. The van der Waals surface area contributed by atoms with Crippen LogP contribution in [0.15, 0.2) is 28.7 Å². The van der Waals surface area contributed by atoms with Crippen LogP contribution in [0, 0.1) is 5.41 Å². The third-order valence-corrected chi connectivity index (χ3v) is 4.12. The summed E-state index contributed by atoms with van der Waals surface area (Å²) in [7, 11) is 0.